The summed E-state index contributed by atoms with van der Waals surface area (Å²) in [6, 6.07) is 23.5. The molecule has 0 spiro atoms. The first-order chi connectivity index (χ1) is 30.0. The zero-order valence-electron chi connectivity index (χ0n) is 38.1. The summed E-state index contributed by atoms with van der Waals surface area (Å²) < 4.78 is 49.5. The Labute approximate surface area is 410 Å². The predicted molar refractivity (Wildman–Crippen MR) is 264 cm³/mol. The Morgan fingerprint density at radius 1 is 0.621 bits per heavy atom. The Balaban J connectivity index is 0.000000341. The van der Waals surface area contributed by atoms with Gasteiger partial charge in [-0.1, -0.05) is 92.3 Å². The first-order valence-corrected chi connectivity index (χ1v) is 22.1. The Morgan fingerprint density at radius 3 is 1.39 bits per heavy atom. The molecule has 2 fully saturated rings. The van der Waals surface area contributed by atoms with Crippen LogP contribution in [0.3, 0.4) is 0 Å². The van der Waals surface area contributed by atoms with Crippen LogP contribution in [-0.4, -0.2) is 59.3 Å². The first kappa shape index (κ1) is 56.3. The van der Waals surface area contributed by atoms with Gasteiger partial charge >= 0.3 is 23.9 Å². The third-order valence-corrected chi connectivity index (χ3v) is 11.8. The highest BCUT2D eigenvalue weighted by atomic mass is 35.5. The number of cyclic esters (lactones) is 4. The summed E-state index contributed by atoms with van der Waals surface area (Å²) in [5.41, 5.74) is 2.68. The zero-order valence-corrected chi connectivity index (χ0v) is 41.6. The van der Waals surface area contributed by atoms with Crippen LogP contribution in [0.1, 0.15) is 65.0 Å². The van der Waals surface area contributed by atoms with Crippen molar-refractivity contribution >= 4 is 87.9 Å². The van der Waals surface area contributed by atoms with Crippen molar-refractivity contribution in [2.45, 2.75) is 105 Å². The van der Waals surface area contributed by atoms with E-state index < -0.39 is 60.6 Å². The molecule has 2 heterocycles. The molecular weight excluding hydrogens is 931 g/mol. The fourth-order valence-electron chi connectivity index (χ4n) is 8.32. The minimum Gasteiger partial charge on any atom is -0.451 e. The van der Waals surface area contributed by atoms with Crippen LogP contribution in [0.4, 0.5) is 8.78 Å². The second-order valence-corrected chi connectivity index (χ2v) is 18.7. The van der Waals surface area contributed by atoms with Crippen LogP contribution in [0.25, 0.3) is 22.3 Å². The summed E-state index contributed by atoms with van der Waals surface area (Å²) in [5, 5.41) is 20.9. The average molecular weight is 990 g/mol. The Morgan fingerprint density at radius 2 is 1.00 bits per heavy atom. The highest BCUT2D eigenvalue weighted by molar-refractivity contribution is 7.59. The first-order valence-electron chi connectivity index (χ1n) is 21.4. The summed E-state index contributed by atoms with van der Waals surface area (Å²) >= 11 is 12.0. The van der Waals surface area contributed by atoms with Crippen molar-refractivity contribution in [3.63, 3.8) is 0 Å². The van der Waals surface area contributed by atoms with Crippen molar-refractivity contribution in [3.05, 3.63) is 118 Å². The summed E-state index contributed by atoms with van der Waals surface area (Å²) in [7, 11) is 0. The quantitative estimate of drug-likeness (QED) is 0.0671. The molecule has 4 aromatic rings. The average Bonchev–Trinajstić information content (AvgIpc) is 3.19. The van der Waals surface area contributed by atoms with Gasteiger partial charge in [-0.05, 0) is 115 Å². The fraction of sp³-hybridized carbons (Fsp3) is 0.417. The lowest BCUT2D eigenvalue weighted by atomic mass is 9.60. The second kappa shape index (κ2) is 23.8. The Hall–Kier alpha value is -4.05. The largest absolute Gasteiger partial charge is 0.451 e. The molecule has 66 heavy (non-hydrogen) atoms. The summed E-state index contributed by atoms with van der Waals surface area (Å²) in [5.74, 6) is -7.03. The fourth-order valence-corrected chi connectivity index (χ4v) is 8.66. The molecule has 2 saturated heterocycles. The molecule has 0 unspecified atom stereocenters. The Kier molecular flexibility index (Phi) is 20.3. The summed E-state index contributed by atoms with van der Waals surface area (Å²) in [6.45, 7) is 9.96. The zero-order chi connectivity index (χ0) is 47.1. The van der Waals surface area contributed by atoms with Crippen molar-refractivity contribution in [3.8, 4) is 22.3 Å². The van der Waals surface area contributed by atoms with Gasteiger partial charge in [-0.25, -0.2) is 8.78 Å². The highest BCUT2D eigenvalue weighted by Gasteiger charge is 2.55. The third kappa shape index (κ3) is 15.0. The number of esters is 4. The molecule has 2 atom stereocenters. The van der Waals surface area contributed by atoms with E-state index in [0.29, 0.717) is 57.8 Å². The predicted octanol–water partition coefficient (Wildman–Crippen LogP) is 10.5. The van der Waals surface area contributed by atoms with Gasteiger partial charge in [0, 0.05) is 48.9 Å². The normalized spacial score (nSPS) is 16.9. The van der Waals surface area contributed by atoms with E-state index in [9.17, 15) is 38.0 Å². The lowest BCUT2D eigenvalue weighted by molar-refractivity contribution is -0.253. The van der Waals surface area contributed by atoms with E-state index >= 15 is 0 Å². The van der Waals surface area contributed by atoms with E-state index in [4.69, 9.17) is 42.1 Å². The number of carbonyl (C=O) groups excluding carboxylic acids is 4. The van der Waals surface area contributed by atoms with Crippen molar-refractivity contribution in [2.24, 2.45) is 23.2 Å². The van der Waals surface area contributed by atoms with Gasteiger partial charge in [0.15, 0.2) is 11.3 Å². The standard InChI is InChI=1S/C25H29BClFO5.C23H25BClFO5.2H2S/c1-5-25(22(29)32-24(2,3)33-23(25)30)14-17(15-26(4)31)12-16-6-8-18(9-7-16)20-13-19(27)10-11-21(20)28;1-23(2)30-21(27)19(22(28)31-23)11-15(13-24(3)29)10-14-4-6-16(7-5-14)18-12-17(25)8-9-20(18)26;;/h6-11,13,17,31H,5,12,14-15H2,1-4H3;4-9,12,15,19,29H,10-11,13H2,1-3H3;2*1H2/t17-;15-;;/m01../s1. The smallest absolute Gasteiger partial charge is 0.326 e. The van der Waals surface area contributed by atoms with E-state index in [0.717, 1.165) is 11.1 Å². The van der Waals surface area contributed by atoms with E-state index in [1.807, 2.05) is 36.4 Å². The van der Waals surface area contributed by atoms with Crippen LogP contribution in [0.15, 0.2) is 84.9 Å². The van der Waals surface area contributed by atoms with E-state index in [1.165, 1.54) is 52.0 Å². The van der Waals surface area contributed by atoms with Crippen LogP contribution in [0.2, 0.25) is 36.3 Å². The van der Waals surface area contributed by atoms with E-state index in [2.05, 4.69) is 0 Å². The summed E-state index contributed by atoms with van der Waals surface area (Å²) in [4.78, 5) is 50.4. The van der Waals surface area contributed by atoms with Gasteiger partial charge in [-0.3, -0.25) is 19.2 Å². The van der Waals surface area contributed by atoms with Crippen molar-refractivity contribution < 1.29 is 57.0 Å². The van der Waals surface area contributed by atoms with Crippen molar-refractivity contribution in [1.29, 1.82) is 0 Å². The van der Waals surface area contributed by atoms with Gasteiger partial charge < -0.3 is 29.0 Å². The number of ether oxygens (including phenoxy) is 4. The molecule has 356 valence electrons. The van der Waals surface area contributed by atoms with Gasteiger partial charge in [0.2, 0.25) is 0 Å². The molecule has 18 heteroatoms. The molecule has 10 nitrogen and oxygen atoms in total. The minimum absolute atomic E-state index is 0. The molecular formula is C48H58B2Cl2F2O10S2. The molecule has 0 bridgehead atoms. The van der Waals surface area contributed by atoms with Gasteiger partial charge in [-0.2, -0.15) is 27.0 Å². The summed E-state index contributed by atoms with van der Waals surface area (Å²) in [6.07, 6.45) is 2.51. The molecule has 2 aliphatic rings. The lowest BCUT2D eigenvalue weighted by Crippen LogP contribution is -2.54. The van der Waals surface area contributed by atoms with Crippen LogP contribution in [-0.2, 0) is 51.0 Å². The maximum Gasteiger partial charge on any atom is 0.326 e. The molecule has 6 rings (SSSR count). The molecule has 0 aromatic heterocycles. The van der Waals surface area contributed by atoms with Gasteiger partial charge in [-0.15, -0.1) is 0 Å². The number of rotatable bonds is 15. The maximum absolute atomic E-state index is 14.2. The minimum atomic E-state index is -1.40. The molecule has 2 N–H and O–H groups in total. The molecule has 0 aliphatic carbocycles. The number of carbonyl (C=O) groups is 4. The molecule has 0 amide bonds. The van der Waals surface area contributed by atoms with E-state index in [-0.39, 0.29) is 69.7 Å². The van der Waals surface area contributed by atoms with Gasteiger partial charge in [0.1, 0.15) is 11.6 Å². The SMILES string of the molecule is CB(O)C[C@H](Cc1ccc(-c2cc(Cl)ccc2F)cc1)CC1C(=O)OC(C)(C)OC1=O.CCC1(C[C@@H](CB(C)O)Cc2ccc(-c3cc(Cl)ccc3F)cc2)C(=O)OC(C)(C)OC1=O.S.S. The van der Waals surface area contributed by atoms with Crippen molar-refractivity contribution in [2.75, 3.05) is 0 Å². The monoisotopic (exact) mass is 988 g/mol. The van der Waals surface area contributed by atoms with Crippen molar-refractivity contribution in [1.82, 2.24) is 0 Å². The Bertz CT molecular complexity index is 2280. The van der Waals surface area contributed by atoms with Crippen LogP contribution >= 0.6 is 50.2 Å². The number of hydrogen-bond donors (Lipinski definition) is 2. The van der Waals surface area contributed by atoms with Gasteiger partial charge in [0.25, 0.3) is 25.4 Å². The van der Waals surface area contributed by atoms with Crippen LogP contribution in [0, 0.1) is 34.8 Å². The van der Waals surface area contributed by atoms with Crippen LogP contribution in [0.5, 0.6) is 0 Å². The molecule has 0 radical (unpaired) electrons. The van der Waals surface area contributed by atoms with Gasteiger partial charge in [0.05, 0.1) is 0 Å². The third-order valence-electron chi connectivity index (χ3n) is 11.3. The van der Waals surface area contributed by atoms with Crippen LogP contribution < -0.4 is 0 Å². The number of halogens is 4. The molecule has 0 saturated carbocycles. The second-order valence-electron chi connectivity index (χ2n) is 17.8. The van der Waals surface area contributed by atoms with E-state index in [1.54, 1.807) is 44.8 Å². The molecule has 2 aliphatic heterocycles. The highest BCUT2D eigenvalue weighted by Crippen LogP contribution is 2.42. The maximum atomic E-state index is 14.2. The molecule has 4 aromatic carbocycles. The lowest BCUT2D eigenvalue weighted by Gasteiger charge is -2.41. The number of hydrogen-bond acceptors (Lipinski definition) is 10. The number of benzene rings is 4. The topological polar surface area (TPSA) is 146 Å².